The van der Waals surface area contributed by atoms with E-state index in [0.717, 1.165) is 11.1 Å². The van der Waals surface area contributed by atoms with Gasteiger partial charge in [-0.1, -0.05) is 48.0 Å². The molecule has 0 aromatic heterocycles. The minimum atomic E-state index is -1.19. The summed E-state index contributed by atoms with van der Waals surface area (Å²) in [7, 11) is 0. The molecule has 0 aliphatic rings. The molecule has 3 aromatic carbocycles. The highest BCUT2D eigenvalue weighted by atomic mass is 35.5. The number of carboxylic acids is 1. The number of amides is 2. The number of hydrogen-bond acceptors (Lipinski definition) is 4. The molecule has 3 rings (SSSR count). The topological polar surface area (TPSA) is 119 Å². The molecule has 0 fully saturated rings. The van der Waals surface area contributed by atoms with Gasteiger partial charge in [-0.25, -0.2) is 4.79 Å². The number of rotatable bonds is 7. The number of halogens is 1. The summed E-state index contributed by atoms with van der Waals surface area (Å²) in [4.78, 5) is 35.8. The quantitative estimate of drug-likeness (QED) is 0.512. The van der Waals surface area contributed by atoms with Crippen LogP contribution in [0.4, 0.5) is 5.69 Å². The standard InChI is InChI=1S/C23H19ClN2O5/c1-13-9-17(21(18(24)10-13)31-12-20(25)27)22(28)26-19-11-15(7-8-16(19)23(29)30)14-5-3-2-4-6-14/h2-11H,12H2,1H3,(H2,25,27)(H,26,28)(H,29,30). The number of primary amides is 1. The molecule has 0 saturated carbocycles. The zero-order valence-corrected chi connectivity index (χ0v) is 17.3. The molecule has 0 spiro atoms. The highest BCUT2D eigenvalue weighted by Gasteiger charge is 2.20. The van der Waals surface area contributed by atoms with Crippen molar-refractivity contribution in [3.05, 3.63) is 82.4 Å². The van der Waals surface area contributed by atoms with Gasteiger partial charge in [0.25, 0.3) is 11.8 Å². The van der Waals surface area contributed by atoms with Gasteiger partial charge in [0.1, 0.15) is 0 Å². The molecule has 158 valence electrons. The summed E-state index contributed by atoms with van der Waals surface area (Å²) in [6.45, 7) is 1.27. The van der Waals surface area contributed by atoms with Crippen LogP contribution in [0, 0.1) is 6.92 Å². The summed E-state index contributed by atoms with van der Waals surface area (Å²) >= 11 is 6.20. The molecule has 31 heavy (non-hydrogen) atoms. The SMILES string of the molecule is Cc1cc(Cl)c(OCC(N)=O)c(C(=O)Nc2cc(-c3ccccc3)ccc2C(=O)O)c1. The van der Waals surface area contributed by atoms with E-state index in [2.05, 4.69) is 5.32 Å². The molecule has 0 aliphatic carbocycles. The van der Waals surface area contributed by atoms with Crippen LogP contribution in [-0.2, 0) is 4.79 Å². The van der Waals surface area contributed by atoms with Crippen LogP contribution in [0.2, 0.25) is 5.02 Å². The Kier molecular flexibility index (Phi) is 6.57. The van der Waals surface area contributed by atoms with Gasteiger partial charge >= 0.3 is 5.97 Å². The number of hydrogen-bond donors (Lipinski definition) is 3. The molecule has 0 aliphatic heterocycles. The summed E-state index contributed by atoms with van der Waals surface area (Å²) < 4.78 is 5.33. The number of aromatic carboxylic acids is 1. The van der Waals surface area contributed by atoms with E-state index in [9.17, 15) is 19.5 Å². The lowest BCUT2D eigenvalue weighted by molar-refractivity contribution is -0.119. The van der Waals surface area contributed by atoms with Gasteiger partial charge in [-0.15, -0.1) is 0 Å². The number of carbonyl (C=O) groups excluding carboxylic acids is 2. The monoisotopic (exact) mass is 438 g/mol. The van der Waals surface area contributed by atoms with Gasteiger partial charge in [-0.2, -0.15) is 0 Å². The largest absolute Gasteiger partial charge is 0.481 e. The molecule has 0 radical (unpaired) electrons. The van der Waals surface area contributed by atoms with Crippen molar-refractivity contribution < 1.29 is 24.2 Å². The predicted molar refractivity (Wildman–Crippen MR) is 118 cm³/mol. The van der Waals surface area contributed by atoms with Crippen LogP contribution in [0.15, 0.2) is 60.7 Å². The first-order valence-corrected chi connectivity index (χ1v) is 9.59. The Labute approximate surface area is 183 Å². The minimum Gasteiger partial charge on any atom is -0.481 e. The van der Waals surface area contributed by atoms with Crippen LogP contribution in [-0.4, -0.2) is 29.5 Å². The van der Waals surface area contributed by atoms with Crippen LogP contribution >= 0.6 is 11.6 Å². The zero-order chi connectivity index (χ0) is 22.5. The predicted octanol–water partition coefficient (Wildman–Crippen LogP) is 4.13. The van der Waals surface area contributed by atoms with Crippen molar-refractivity contribution in [1.82, 2.24) is 0 Å². The molecule has 0 heterocycles. The number of anilines is 1. The van der Waals surface area contributed by atoms with Gasteiger partial charge in [-0.3, -0.25) is 9.59 Å². The van der Waals surface area contributed by atoms with Gasteiger partial charge < -0.3 is 20.9 Å². The Bertz CT molecular complexity index is 1160. The fourth-order valence-corrected chi connectivity index (χ4v) is 3.35. The Balaban J connectivity index is 2.01. The smallest absolute Gasteiger partial charge is 0.337 e. The highest BCUT2D eigenvalue weighted by Crippen LogP contribution is 2.32. The zero-order valence-electron chi connectivity index (χ0n) is 16.5. The van der Waals surface area contributed by atoms with Gasteiger partial charge in [-0.05, 0) is 47.9 Å². The molecule has 3 aromatic rings. The summed E-state index contributed by atoms with van der Waals surface area (Å²) in [5.41, 5.74) is 7.47. The molecule has 2 amide bonds. The summed E-state index contributed by atoms with van der Waals surface area (Å²) in [5, 5.41) is 12.3. The van der Waals surface area contributed by atoms with Gasteiger partial charge in [0.05, 0.1) is 21.8 Å². The van der Waals surface area contributed by atoms with Crippen LogP contribution in [0.25, 0.3) is 11.1 Å². The second kappa shape index (κ2) is 9.32. The van der Waals surface area contributed by atoms with Crippen LogP contribution < -0.4 is 15.8 Å². The van der Waals surface area contributed by atoms with Crippen molar-refractivity contribution >= 4 is 35.1 Å². The number of carboxylic acid groups (broad SMARTS) is 1. The van der Waals surface area contributed by atoms with E-state index < -0.39 is 24.4 Å². The van der Waals surface area contributed by atoms with Crippen molar-refractivity contribution in [2.75, 3.05) is 11.9 Å². The molecule has 4 N–H and O–H groups in total. The molecule has 0 unspecified atom stereocenters. The molecule has 0 atom stereocenters. The lowest BCUT2D eigenvalue weighted by Crippen LogP contribution is -2.22. The fraction of sp³-hybridized carbons (Fsp3) is 0.0870. The maximum atomic E-state index is 13.0. The fourth-order valence-electron chi connectivity index (χ4n) is 3.02. The van der Waals surface area contributed by atoms with Crippen LogP contribution in [0.1, 0.15) is 26.3 Å². The maximum Gasteiger partial charge on any atom is 0.337 e. The van der Waals surface area contributed by atoms with Gasteiger partial charge in [0.2, 0.25) is 0 Å². The summed E-state index contributed by atoms with van der Waals surface area (Å²) in [5.74, 6) is -2.58. The molecular formula is C23H19ClN2O5. The first-order chi connectivity index (χ1) is 14.8. The first kappa shape index (κ1) is 21.9. The van der Waals surface area contributed by atoms with Crippen molar-refractivity contribution in [2.24, 2.45) is 5.73 Å². The van der Waals surface area contributed by atoms with E-state index in [1.165, 1.54) is 12.1 Å². The summed E-state index contributed by atoms with van der Waals surface area (Å²) in [6.07, 6.45) is 0. The maximum absolute atomic E-state index is 13.0. The molecule has 7 nitrogen and oxygen atoms in total. The third kappa shape index (κ3) is 5.21. The second-order valence-electron chi connectivity index (χ2n) is 6.76. The van der Waals surface area contributed by atoms with E-state index in [1.807, 2.05) is 30.3 Å². The second-order valence-corrected chi connectivity index (χ2v) is 7.17. The number of nitrogens with one attached hydrogen (secondary N) is 1. The molecular weight excluding hydrogens is 420 g/mol. The number of carbonyl (C=O) groups is 3. The molecule has 8 heteroatoms. The van der Waals surface area contributed by atoms with E-state index in [-0.39, 0.29) is 27.6 Å². The summed E-state index contributed by atoms with van der Waals surface area (Å²) in [6, 6.07) is 17.1. The van der Waals surface area contributed by atoms with Crippen molar-refractivity contribution in [3.8, 4) is 16.9 Å². The Morgan fingerprint density at radius 3 is 2.35 bits per heavy atom. The average Bonchev–Trinajstić information content (AvgIpc) is 2.72. The third-order valence-electron chi connectivity index (χ3n) is 4.40. The van der Waals surface area contributed by atoms with Crippen molar-refractivity contribution in [1.29, 1.82) is 0 Å². The van der Waals surface area contributed by atoms with E-state index in [1.54, 1.807) is 25.1 Å². The van der Waals surface area contributed by atoms with Crippen molar-refractivity contribution in [2.45, 2.75) is 6.92 Å². The number of ether oxygens (including phenoxy) is 1. The minimum absolute atomic E-state index is 0.0142. The average molecular weight is 439 g/mol. The van der Waals surface area contributed by atoms with Crippen molar-refractivity contribution in [3.63, 3.8) is 0 Å². The lowest BCUT2D eigenvalue weighted by atomic mass is 10.0. The molecule has 0 bridgehead atoms. The van der Waals surface area contributed by atoms with E-state index >= 15 is 0 Å². The Morgan fingerprint density at radius 1 is 1.00 bits per heavy atom. The van der Waals surface area contributed by atoms with Crippen LogP contribution in [0.3, 0.4) is 0 Å². The first-order valence-electron chi connectivity index (χ1n) is 9.21. The highest BCUT2D eigenvalue weighted by molar-refractivity contribution is 6.33. The normalized spacial score (nSPS) is 10.4. The third-order valence-corrected chi connectivity index (χ3v) is 4.68. The Morgan fingerprint density at radius 2 is 1.71 bits per heavy atom. The van der Waals surface area contributed by atoms with E-state index in [4.69, 9.17) is 22.1 Å². The number of aryl methyl sites for hydroxylation is 1. The Hall–Kier alpha value is -3.84. The lowest BCUT2D eigenvalue weighted by Gasteiger charge is -2.15. The van der Waals surface area contributed by atoms with Gasteiger partial charge in [0, 0.05) is 0 Å². The number of benzene rings is 3. The van der Waals surface area contributed by atoms with Crippen LogP contribution in [0.5, 0.6) is 5.75 Å². The van der Waals surface area contributed by atoms with Gasteiger partial charge in [0.15, 0.2) is 12.4 Å². The number of nitrogens with two attached hydrogens (primary N) is 1. The molecule has 0 saturated heterocycles. The van der Waals surface area contributed by atoms with E-state index in [0.29, 0.717) is 5.56 Å².